The molecule has 4 heteroatoms. The molecule has 0 spiro atoms. The Morgan fingerprint density at radius 3 is 2.89 bits per heavy atom. The first-order valence-corrected chi connectivity index (χ1v) is 6.12. The molecule has 0 atom stereocenters. The highest BCUT2D eigenvalue weighted by atomic mass is 14.9. The second kappa shape index (κ2) is 3.95. The van der Waals surface area contributed by atoms with E-state index in [1.54, 1.807) is 18.6 Å². The Bertz CT molecular complexity index is 742. The molecule has 0 saturated heterocycles. The maximum atomic E-state index is 4.63. The highest BCUT2D eigenvalue weighted by Gasteiger charge is 2.21. The molecule has 19 heavy (non-hydrogen) atoms. The van der Waals surface area contributed by atoms with Crippen LogP contribution in [0.1, 0.15) is 17.0 Å². The zero-order valence-corrected chi connectivity index (χ0v) is 10.1. The fourth-order valence-corrected chi connectivity index (χ4v) is 2.36. The molecule has 2 aromatic rings. The van der Waals surface area contributed by atoms with Gasteiger partial charge in [0.15, 0.2) is 0 Å². The standard InChI is InChI=1S/C15H10N4/c1-2-10-6-13-11(7-12(10)17-3-1)8-14(19-13)15-9-16-4-5-18-15/h1-6,8-9H,7H2. The number of aromatic nitrogens is 3. The van der Waals surface area contributed by atoms with Crippen molar-refractivity contribution < 1.29 is 0 Å². The molecule has 0 fully saturated rings. The molecule has 2 aromatic heterocycles. The van der Waals surface area contributed by atoms with Gasteiger partial charge in [0.25, 0.3) is 0 Å². The number of hydrogen-bond acceptors (Lipinski definition) is 4. The van der Waals surface area contributed by atoms with Gasteiger partial charge in [-0.2, -0.15) is 0 Å². The maximum absolute atomic E-state index is 4.63. The summed E-state index contributed by atoms with van der Waals surface area (Å²) in [6.07, 6.45) is 11.9. The zero-order valence-electron chi connectivity index (χ0n) is 10.1. The summed E-state index contributed by atoms with van der Waals surface area (Å²) in [5, 5.41) is 0. The summed E-state index contributed by atoms with van der Waals surface area (Å²) >= 11 is 0. The van der Waals surface area contributed by atoms with E-state index in [4.69, 9.17) is 0 Å². The molecule has 0 aromatic carbocycles. The van der Waals surface area contributed by atoms with Crippen LogP contribution in [0.5, 0.6) is 0 Å². The summed E-state index contributed by atoms with van der Waals surface area (Å²) < 4.78 is 0. The minimum absolute atomic E-state index is 0.808. The molecule has 90 valence electrons. The third-order valence-electron chi connectivity index (χ3n) is 3.28. The van der Waals surface area contributed by atoms with Gasteiger partial charge in [0.2, 0.25) is 0 Å². The van der Waals surface area contributed by atoms with Gasteiger partial charge in [0.1, 0.15) is 5.69 Å². The number of aliphatic imine (C=N–C) groups is 1. The van der Waals surface area contributed by atoms with Crippen LogP contribution in [0, 0.1) is 0 Å². The largest absolute Gasteiger partial charge is 0.261 e. The fraction of sp³-hybridized carbons (Fsp3) is 0.0667. The third kappa shape index (κ3) is 1.69. The molecule has 0 amide bonds. The molecule has 0 radical (unpaired) electrons. The number of nitrogens with zero attached hydrogens (tertiary/aromatic N) is 4. The van der Waals surface area contributed by atoms with Crippen LogP contribution in [0.2, 0.25) is 0 Å². The number of hydrogen-bond donors (Lipinski definition) is 0. The van der Waals surface area contributed by atoms with E-state index in [0.717, 1.165) is 34.8 Å². The lowest BCUT2D eigenvalue weighted by molar-refractivity contribution is 1.03. The maximum Gasteiger partial charge on any atom is 0.107 e. The summed E-state index contributed by atoms with van der Waals surface area (Å²) in [7, 11) is 0. The molecular weight excluding hydrogens is 236 g/mol. The van der Waals surface area contributed by atoms with Crippen molar-refractivity contribution in [3.8, 4) is 0 Å². The molecule has 1 aliphatic carbocycles. The molecule has 4 rings (SSSR count). The molecule has 3 heterocycles. The van der Waals surface area contributed by atoms with Gasteiger partial charge in [-0.15, -0.1) is 0 Å². The molecular formula is C15H10N4. The summed E-state index contributed by atoms with van der Waals surface area (Å²) in [6, 6.07) is 4.02. The summed E-state index contributed by atoms with van der Waals surface area (Å²) in [5.41, 5.74) is 6.16. The molecule has 2 aliphatic rings. The summed E-state index contributed by atoms with van der Waals surface area (Å²) in [5.74, 6) is 0. The van der Waals surface area contributed by atoms with Crippen molar-refractivity contribution >= 4 is 11.8 Å². The van der Waals surface area contributed by atoms with E-state index in [2.05, 4.69) is 38.2 Å². The minimum atomic E-state index is 0.808. The Hall–Kier alpha value is -2.62. The van der Waals surface area contributed by atoms with Gasteiger partial charge in [-0.05, 0) is 29.4 Å². The van der Waals surface area contributed by atoms with Crippen molar-refractivity contribution in [3.05, 3.63) is 71.2 Å². The summed E-state index contributed by atoms with van der Waals surface area (Å²) in [4.78, 5) is 17.4. The second-order valence-corrected chi connectivity index (χ2v) is 4.50. The first-order valence-electron chi connectivity index (χ1n) is 6.12. The number of pyridine rings is 1. The van der Waals surface area contributed by atoms with Crippen molar-refractivity contribution in [2.24, 2.45) is 4.99 Å². The molecule has 0 unspecified atom stereocenters. The fourth-order valence-electron chi connectivity index (χ4n) is 2.36. The lowest BCUT2D eigenvalue weighted by Gasteiger charge is -2.12. The van der Waals surface area contributed by atoms with Crippen LogP contribution < -0.4 is 0 Å². The average Bonchev–Trinajstić information content (AvgIpc) is 2.88. The van der Waals surface area contributed by atoms with Gasteiger partial charge in [-0.25, -0.2) is 4.99 Å². The topological polar surface area (TPSA) is 51.0 Å². The SMILES string of the molecule is C1=C2Cc3ncccc3C=C2N=C1c1cnccn1. The van der Waals surface area contributed by atoms with Crippen LogP contribution in [-0.2, 0) is 6.42 Å². The van der Waals surface area contributed by atoms with E-state index in [0.29, 0.717) is 0 Å². The Morgan fingerprint density at radius 1 is 1.00 bits per heavy atom. The highest BCUT2D eigenvalue weighted by Crippen LogP contribution is 2.31. The first kappa shape index (κ1) is 10.3. The van der Waals surface area contributed by atoms with Gasteiger partial charge < -0.3 is 0 Å². The predicted octanol–water partition coefficient (Wildman–Crippen LogP) is 2.20. The van der Waals surface area contributed by atoms with Crippen molar-refractivity contribution in [2.75, 3.05) is 0 Å². The highest BCUT2D eigenvalue weighted by molar-refractivity contribution is 6.11. The zero-order chi connectivity index (χ0) is 12.7. The molecule has 4 nitrogen and oxygen atoms in total. The van der Waals surface area contributed by atoms with Gasteiger partial charge >= 0.3 is 0 Å². The number of fused-ring (bicyclic) bond motifs is 2. The molecule has 0 bridgehead atoms. The molecule has 0 saturated carbocycles. The van der Waals surface area contributed by atoms with Gasteiger partial charge in [0.05, 0.1) is 23.3 Å². The van der Waals surface area contributed by atoms with E-state index in [1.807, 2.05) is 12.3 Å². The van der Waals surface area contributed by atoms with Gasteiger partial charge in [-0.3, -0.25) is 15.0 Å². The van der Waals surface area contributed by atoms with Crippen LogP contribution in [0.15, 0.2) is 59.3 Å². The molecule has 0 N–H and O–H groups in total. The smallest absolute Gasteiger partial charge is 0.107 e. The predicted molar refractivity (Wildman–Crippen MR) is 72.6 cm³/mol. The minimum Gasteiger partial charge on any atom is -0.261 e. The van der Waals surface area contributed by atoms with Crippen LogP contribution in [0.3, 0.4) is 0 Å². The van der Waals surface area contributed by atoms with Crippen molar-refractivity contribution in [1.82, 2.24) is 15.0 Å². The number of rotatable bonds is 1. The lowest BCUT2D eigenvalue weighted by atomic mass is 9.96. The van der Waals surface area contributed by atoms with E-state index >= 15 is 0 Å². The van der Waals surface area contributed by atoms with Crippen LogP contribution in [0.25, 0.3) is 6.08 Å². The van der Waals surface area contributed by atoms with Crippen molar-refractivity contribution in [3.63, 3.8) is 0 Å². The first-order chi connectivity index (χ1) is 9.40. The lowest BCUT2D eigenvalue weighted by Crippen LogP contribution is -2.02. The van der Waals surface area contributed by atoms with E-state index in [9.17, 15) is 0 Å². The second-order valence-electron chi connectivity index (χ2n) is 4.50. The van der Waals surface area contributed by atoms with Gasteiger partial charge in [-0.1, -0.05) is 6.07 Å². The van der Waals surface area contributed by atoms with E-state index < -0.39 is 0 Å². The van der Waals surface area contributed by atoms with Crippen LogP contribution >= 0.6 is 0 Å². The van der Waals surface area contributed by atoms with E-state index in [-0.39, 0.29) is 0 Å². The van der Waals surface area contributed by atoms with Crippen molar-refractivity contribution in [2.45, 2.75) is 6.42 Å². The summed E-state index contributed by atoms with van der Waals surface area (Å²) in [6.45, 7) is 0. The Morgan fingerprint density at radius 2 is 2.00 bits per heavy atom. The van der Waals surface area contributed by atoms with Crippen LogP contribution in [0.4, 0.5) is 0 Å². The normalized spacial score (nSPS) is 16.1. The quantitative estimate of drug-likeness (QED) is 0.775. The Labute approximate surface area is 110 Å². The Balaban J connectivity index is 1.79. The van der Waals surface area contributed by atoms with Gasteiger partial charge in [0, 0.05) is 25.0 Å². The van der Waals surface area contributed by atoms with Crippen LogP contribution in [-0.4, -0.2) is 20.7 Å². The number of allylic oxidation sites excluding steroid dienone is 2. The Kier molecular flexibility index (Phi) is 2.14. The van der Waals surface area contributed by atoms with Crippen molar-refractivity contribution in [1.29, 1.82) is 0 Å². The third-order valence-corrected chi connectivity index (χ3v) is 3.28. The average molecular weight is 246 g/mol. The van der Waals surface area contributed by atoms with E-state index in [1.165, 1.54) is 5.57 Å². The molecule has 1 aliphatic heterocycles. The monoisotopic (exact) mass is 246 g/mol.